The summed E-state index contributed by atoms with van der Waals surface area (Å²) >= 11 is 5.77. The summed E-state index contributed by atoms with van der Waals surface area (Å²) in [5, 5.41) is 0. The van der Waals surface area contributed by atoms with Crippen molar-refractivity contribution in [2.24, 2.45) is 0 Å². The highest BCUT2D eigenvalue weighted by molar-refractivity contribution is 6.18. The van der Waals surface area contributed by atoms with E-state index in [0.717, 1.165) is 0 Å². The second-order valence-corrected chi connectivity index (χ2v) is 4.59. The summed E-state index contributed by atoms with van der Waals surface area (Å²) in [4.78, 5) is 11.3. The molecule has 1 aliphatic heterocycles. The van der Waals surface area contributed by atoms with Crippen LogP contribution in [0.4, 0.5) is 0 Å². The van der Waals surface area contributed by atoms with Gasteiger partial charge in [0.15, 0.2) is 5.79 Å². The van der Waals surface area contributed by atoms with Gasteiger partial charge in [0.2, 0.25) is 0 Å². The predicted octanol–water partition coefficient (Wildman–Crippen LogP) is 2.09. The lowest BCUT2D eigenvalue weighted by Crippen LogP contribution is -2.46. The number of alkyl halides is 1. The SMILES string of the molecule is CCOC(=O)C[C@H]1C[C@@H](CCl)OC(C)(C)O1. The third-order valence-electron chi connectivity index (χ3n) is 2.30. The summed E-state index contributed by atoms with van der Waals surface area (Å²) in [6.07, 6.45) is 0.649. The Balaban J connectivity index is 2.50. The standard InChI is InChI=1S/C11H19ClO4/c1-4-14-10(13)6-8-5-9(7-12)16-11(2,3)15-8/h8-9H,4-7H2,1-3H3/t8-,9+/m1/s1. The van der Waals surface area contributed by atoms with Crippen molar-refractivity contribution >= 4 is 17.6 Å². The molecular weight excluding hydrogens is 232 g/mol. The lowest BCUT2D eigenvalue weighted by atomic mass is 10.1. The minimum Gasteiger partial charge on any atom is -0.466 e. The van der Waals surface area contributed by atoms with Crippen LogP contribution in [-0.2, 0) is 19.0 Å². The highest BCUT2D eigenvalue weighted by Crippen LogP contribution is 2.28. The number of rotatable bonds is 4. The van der Waals surface area contributed by atoms with Gasteiger partial charge in [0.05, 0.1) is 25.2 Å². The molecule has 0 amide bonds. The van der Waals surface area contributed by atoms with Crippen molar-refractivity contribution in [1.82, 2.24) is 0 Å². The lowest BCUT2D eigenvalue weighted by Gasteiger charge is -2.39. The van der Waals surface area contributed by atoms with E-state index in [1.165, 1.54) is 0 Å². The van der Waals surface area contributed by atoms with Crippen LogP contribution in [-0.4, -0.2) is 36.5 Å². The summed E-state index contributed by atoms with van der Waals surface area (Å²) in [5.41, 5.74) is 0. The van der Waals surface area contributed by atoms with E-state index in [4.69, 9.17) is 25.8 Å². The van der Waals surface area contributed by atoms with Crippen LogP contribution in [0.2, 0.25) is 0 Å². The maximum atomic E-state index is 11.3. The molecule has 0 N–H and O–H groups in total. The monoisotopic (exact) mass is 250 g/mol. The lowest BCUT2D eigenvalue weighted by molar-refractivity contribution is -0.295. The van der Waals surface area contributed by atoms with E-state index in [0.29, 0.717) is 18.9 Å². The molecule has 0 radical (unpaired) electrons. The molecule has 0 spiro atoms. The Kier molecular flexibility index (Phi) is 5.02. The minimum absolute atomic E-state index is 0.0650. The zero-order chi connectivity index (χ0) is 12.2. The first-order chi connectivity index (χ1) is 7.46. The number of hydrogen-bond donors (Lipinski definition) is 0. The Hall–Kier alpha value is -0.320. The molecule has 1 fully saturated rings. The summed E-state index contributed by atoms with van der Waals surface area (Å²) in [6, 6.07) is 0. The number of carbonyl (C=O) groups excluding carboxylic acids is 1. The van der Waals surface area contributed by atoms with Gasteiger partial charge in [0.1, 0.15) is 0 Å². The number of esters is 1. The molecule has 1 heterocycles. The van der Waals surface area contributed by atoms with Crippen LogP contribution < -0.4 is 0 Å². The van der Waals surface area contributed by atoms with Crippen molar-refractivity contribution in [3.63, 3.8) is 0 Å². The molecule has 0 aromatic rings. The quantitative estimate of drug-likeness (QED) is 0.566. The van der Waals surface area contributed by atoms with E-state index in [2.05, 4.69) is 0 Å². The third kappa shape index (κ3) is 4.28. The highest BCUT2D eigenvalue weighted by atomic mass is 35.5. The van der Waals surface area contributed by atoms with Crippen LogP contribution in [0.3, 0.4) is 0 Å². The number of ether oxygens (including phenoxy) is 3. The molecule has 4 nitrogen and oxygen atoms in total. The van der Waals surface area contributed by atoms with Gasteiger partial charge in [-0.25, -0.2) is 0 Å². The molecule has 0 bridgehead atoms. The predicted molar refractivity (Wildman–Crippen MR) is 60.4 cm³/mol. The molecule has 16 heavy (non-hydrogen) atoms. The Bertz CT molecular complexity index is 242. The van der Waals surface area contributed by atoms with E-state index in [9.17, 15) is 4.79 Å². The molecule has 1 rings (SSSR count). The number of halogens is 1. The number of carbonyl (C=O) groups is 1. The maximum Gasteiger partial charge on any atom is 0.308 e. The molecular formula is C11H19ClO4. The molecule has 1 saturated heterocycles. The van der Waals surface area contributed by atoms with Gasteiger partial charge < -0.3 is 14.2 Å². The average molecular weight is 251 g/mol. The van der Waals surface area contributed by atoms with Crippen molar-refractivity contribution < 1.29 is 19.0 Å². The molecule has 94 valence electrons. The first-order valence-corrected chi connectivity index (χ1v) is 6.07. The molecule has 0 aromatic carbocycles. The van der Waals surface area contributed by atoms with Gasteiger partial charge >= 0.3 is 5.97 Å². The molecule has 0 saturated carbocycles. The zero-order valence-corrected chi connectivity index (χ0v) is 10.8. The molecule has 1 aliphatic rings. The fourth-order valence-corrected chi connectivity index (χ4v) is 2.03. The summed E-state index contributed by atoms with van der Waals surface area (Å²) < 4.78 is 16.1. The van der Waals surface area contributed by atoms with Crippen LogP contribution in [0, 0.1) is 0 Å². The largest absolute Gasteiger partial charge is 0.466 e. The Morgan fingerprint density at radius 2 is 2.06 bits per heavy atom. The van der Waals surface area contributed by atoms with Crippen LogP contribution >= 0.6 is 11.6 Å². The first-order valence-electron chi connectivity index (χ1n) is 5.54. The van der Waals surface area contributed by atoms with Crippen molar-refractivity contribution in [3.05, 3.63) is 0 Å². The Morgan fingerprint density at radius 1 is 1.44 bits per heavy atom. The fraction of sp³-hybridized carbons (Fsp3) is 0.909. The highest BCUT2D eigenvalue weighted by Gasteiger charge is 2.36. The van der Waals surface area contributed by atoms with E-state index in [1.54, 1.807) is 6.92 Å². The maximum absolute atomic E-state index is 11.3. The third-order valence-corrected chi connectivity index (χ3v) is 2.64. The second-order valence-electron chi connectivity index (χ2n) is 4.28. The average Bonchev–Trinajstić information content (AvgIpc) is 2.15. The molecule has 0 aromatic heterocycles. The van der Waals surface area contributed by atoms with Crippen LogP contribution in [0.25, 0.3) is 0 Å². The minimum atomic E-state index is -0.686. The normalized spacial score (nSPS) is 28.8. The summed E-state index contributed by atoms with van der Waals surface area (Å²) in [7, 11) is 0. The Labute approximate surface area is 101 Å². The van der Waals surface area contributed by atoms with E-state index in [1.807, 2.05) is 13.8 Å². The van der Waals surface area contributed by atoms with Gasteiger partial charge in [0, 0.05) is 12.3 Å². The number of hydrogen-bond acceptors (Lipinski definition) is 4. The van der Waals surface area contributed by atoms with Crippen molar-refractivity contribution in [1.29, 1.82) is 0 Å². The van der Waals surface area contributed by atoms with Gasteiger partial charge in [-0.2, -0.15) is 0 Å². The topological polar surface area (TPSA) is 44.8 Å². The van der Waals surface area contributed by atoms with E-state index >= 15 is 0 Å². The van der Waals surface area contributed by atoms with Gasteiger partial charge in [-0.1, -0.05) is 0 Å². The van der Waals surface area contributed by atoms with Gasteiger partial charge in [-0.3, -0.25) is 4.79 Å². The van der Waals surface area contributed by atoms with E-state index < -0.39 is 5.79 Å². The van der Waals surface area contributed by atoms with Crippen LogP contribution in [0.15, 0.2) is 0 Å². The first kappa shape index (κ1) is 13.7. The van der Waals surface area contributed by atoms with Gasteiger partial charge in [-0.05, 0) is 20.8 Å². The van der Waals surface area contributed by atoms with Crippen molar-refractivity contribution in [2.75, 3.05) is 12.5 Å². The molecule has 0 unspecified atom stereocenters. The van der Waals surface area contributed by atoms with Crippen LogP contribution in [0.5, 0.6) is 0 Å². The van der Waals surface area contributed by atoms with Gasteiger partial charge in [0.25, 0.3) is 0 Å². The van der Waals surface area contributed by atoms with E-state index in [-0.39, 0.29) is 24.6 Å². The molecule has 0 aliphatic carbocycles. The van der Waals surface area contributed by atoms with Gasteiger partial charge in [-0.15, -0.1) is 11.6 Å². The Morgan fingerprint density at radius 3 is 2.62 bits per heavy atom. The molecule has 2 atom stereocenters. The second kappa shape index (κ2) is 5.84. The summed E-state index contributed by atoms with van der Waals surface area (Å²) in [5.74, 6) is -0.514. The molecule has 5 heteroatoms. The smallest absolute Gasteiger partial charge is 0.308 e. The van der Waals surface area contributed by atoms with Crippen molar-refractivity contribution in [2.45, 2.75) is 51.6 Å². The zero-order valence-electron chi connectivity index (χ0n) is 9.99. The summed E-state index contributed by atoms with van der Waals surface area (Å²) in [6.45, 7) is 5.83. The fourth-order valence-electron chi connectivity index (χ4n) is 1.85. The van der Waals surface area contributed by atoms with Crippen LogP contribution in [0.1, 0.15) is 33.6 Å². The van der Waals surface area contributed by atoms with Crippen molar-refractivity contribution in [3.8, 4) is 0 Å².